The fourth-order valence-corrected chi connectivity index (χ4v) is 0.961. The van der Waals surface area contributed by atoms with E-state index in [1.807, 2.05) is 27.7 Å². The molecule has 0 unspecified atom stereocenters. The molecule has 0 heterocycles. The van der Waals surface area contributed by atoms with Crippen LogP contribution in [0.25, 0.3) is 0 Å². The molecule has 0 aromatic rings. The van der Waals surface area contributed by atoms with E-state index in [9.17, 15) is 9.59 Å². The third-order valence-electron chi connectivity index (χ3n) is 1.89. The van der Waals surface area contributed by atoms with Crippen molar-refractivity contribution in [3.63, 3.8) is 0 Å². The SMILES string of the molecule is CC(C)NC(=O)CNC(=O)[C@H](N)C(C)C. The number of carbonyl (C=O) groups is 2. The Kier molecular flexibility index (Phi) is 5.93. The van der Waals surface area contributed by atoms with Gasteiger partial charge in [-0.3, -0.25) is 9.59 Å². The Morgan fingerprint density at radius 3 is 2.13 bits per heavy atom. The second-order valence-corrected chi connectivity index (χ2v) is 4.21. The highest BCUT2D eigenvalue weighted by Crippen LogP contribution is 1.97. The van der Waals surface area contributed by atoms with Gasteiger partial charge in [0.1, 0.15) is 0 Å². The molecule has 0 aliphatic heterocycles. The molecule has 5 nitrogen and oxygen atoms in total. The average Bonchev–Trinajstić information content (AvgIpc) is 2.11. The first-order chi connectivity index (χ1) is 6.84. The summed E-state index contributed by atoms with van der Waals surface area (Å²) >= 11 is 0. The summed E-state index contributed by atoms with van der Waals surface area (Å²) in [5, 5.41) is 5.16. The molecular weight excluding hydrogens is 194 g/mol. The van der Waals surface area contributed by atoms with Crippen molar-refractivity contribution in [3.8, 4) is 0 Å². The fraction of sp³-hybridized carbons (Fsp3) is 0.800. The molecule has 0 aromatic heterocycles. The molecule has 0 saturated heterocycles. The average molecular weight is 215 g/mol. The van der Waals surface area contributed by atoms with Crippen LogP contribution in [-0.4, -0.2) is 30.4 Å². The summed E-state index contributed by atoms with van der Waals surface area (Å²) in [6.45, 7) is 7.42. The molecule has 0 bridgehead atoms. The monoisotopic (exact) mass is 215 g/mol. The minimum Gasteiger partial charge on any atom is -0.352 e. The van der Waals surface area contributed by atoms with Gasteiger partial charge in [-0.05, 0) is 19.8 Å². The molecule has 0 aromatic carbocycles. The van der Waals surface area contributed by atoms with Crippen molar-refractivity contribution < 1.29 is 9.59 Å². The molecular formula is C10H21N3O2. The maximum atomic E-state index is 11.4. The number of hydrogen-bond acceptors (Lipinski definition) is 3. The first kappa shape index (κ1) is 13.9. The van der Waals surface area contributed by atoms with Crippen LogP contribution >= 0.6 is 0 Å². The summed E-state index contributed by atoms with van der Waals surface area (Å²) in [4.78, 5) is 22.5. The Morgan fingerprint density at radius 1 is 1.20 bits per heavy atom. The van der Waals surface area contributed by atoms with Gasteiger partial charge in [-0.2, -0.15) is 0 Å². The Labute approximate surface area is 90.8 Å². The largest absolute Gasteiger partial charge is 0.352 e. The predicted molar refractivity (Wildman–Crippen MR) is 59.1 cm³/mol. The number of rotatable bonds is 5. The van der Waals surface area contributed by atoms with Crippen LogP contribution < -0.4 is 16.4 Å². The van der Waals surface area contributed by atoms with Crippen molar-refractivity contribution >= 4 is 11.8 Å². The zero-order valence-electron chi connectivity index (χ0n) is 9.83. The minimum atomic E-state index is -0.558. The van der Waals surface area contributed by atoms with Crippen molar-refractivity contribution in [2.45, 2.75) is 39.8 Å². The molecule has 0 radical (unpaired) electrons. The van der Waals surface area contributed by atoms with Gasteiger partial charge < -0.3 is 16.4 Å². The summed E-state index contributed by atoms with van der Waals surface area (Å²) in [5.41, 5.74) is 5.60. The van der Waals surface area contributed by atoms with Crippen molar-refractivity contribution in [2.75, 3.05) is 6.54 Å². The second kappa shape index (κ2) is 6.40. The molecule has 1 atom stereocenters. The molecule has 0 aliphatic carbocycles. The van der Waals surface area contributed by atoms with Gasteiger partial charge in [0, 0.05) is 6.04 Å². The van der Waals surface area contributed by atoms with Gasteiger partial charge in [0.2, 0.25) is 11.8 Å². The topological polar surface area (TPSA) is 84.2 Å². The summed E-state index contributed by atoms with van der Waals surface area (Å²) in [6.07, 6.45) is 0. The Morgan fingerprint density at radius 2 is 1.73 bits per heavy atom. The highest BCUT2D eigenvalue weighted by atomic mass is 16.2. The van der Waals surface area contributed by atoms with Gasteiger partial charge in [0.05, 0.1) is 12.6 Å². The highest BCUT2D eigenvalue weighted by Gasteiger charge is 2.17. The lowest BCUT2D eigenvalue weighted by atomic mass is 10.1. The molecule has 15 heavy (non-hydrogen) atoms. The zero-order chi connectivity index (χ0) is 12.0. The second-order valence-electron chi connectivity index (χ2n) is 4.21. The quantitative estimate of drug-likeness (QED) is 0.584. The van der Waals surface area contributed by atoms with Crippen LogP contribution in [0.15, 0.2) is 0 Å². The van der Waals surface area contributed by atoms with Crippen LogP contribution in [0.2, 0.25) is 0 Å². The van der Waals surface area contributed by atoms with E-state index < -0.39 is 6.04 Å². The van der Waals surface area contributed by atoms with E-state index in [0.29, 0.717) is 0 Å². The smallest absolute Gasteiger partial charge is 0.239 e. The molecule has 0 aliphatic rings. The van der Waals surface area contributed by atoms with E-state index in [2.05, 4.69) is 10.6 Å². The third-order valence-corrected chi connectivity index (χ3v) is 1.89. The van der Waals surface area contributed by atoms with E-state index >= 15 is 0 Å². The number of nitrogens with two attached hydrogens (primary N) is 1. The maximum absolute atomic E-state index is 11.4. The molecule has 0 saturated carbocycles. The fourth-order valence-electron chi connectivity index (χ4n) is 0.961. The lowest BCUT2D eigenvalue weighted by molar-refractivity contribution is -0.127. The first-order valence-electron chi connectivity index (χ1n) is 5.17. The predicted octanol–water partition coefficient (Wildman–Crippen LogP) is -0.389. The van der Waals surface area contributed by atoms with Crippen LogP contribution in [0, 0.1) is 5.92 Å². The number of carbonyl (C=O) groups excluding carboxylic acids is 2. The lowest BCUT2D eigenvalue weighted by Gasteiger charge is -2.15. The van der Waals surface area contributed by atoms with Gasteiger partial charge in [-0.25, -0.2) is 0 Å². The van der Waals surface area contributed by atoms with Crippen molar-refractivity contribution in [2.24, 2.45) is 11.7 Å². The molecule has 4 N–H and O–H groups in total. The maximum Gasteiger partial charge on any atom is 0.239 e. The van der Waals surface area contributed by atoms with Crippen molar-refractivity contribution in [1.29, 1.82) is 0 Å². The van der Waals surface area contributed by atoms with Crippen molar-refractivity contribution in [3.05, 3.63) is 0 Å². The third kappa shape index (κ3) is 6.06. The lowest BCUT2D eigenvalue weighted by Crippen LogP contribution is -2.47. The van der Waals surface area contributed by atoms with E-state index in [1.54, 1.807) is 0 Å². The summed E-state index contributed by atoms with van der Waals surface area (Å²) in [7, 11) is 0. The first-order valence-corrected chi connectivity index (χ1v) is 5.17. The van der Waals surface area contributed by atoms with E-state index in [-0.39, 0.29) is 30.3 Å². The van der Waals surface area contributed by atoms with E-state index in [1.165, 1.54) is 0 Å². The molecule has 88 valence electrons. The zero-order valence-corrected chi connectivity index (χ0v) is 9.83. The minimum absolute atomic E-state index is 0.0164. The van der Waals surface area contributed by atoms with E-state index in [0.717, 1.165) is 0 Å². The van der Waals surface area contributed by atoms with Gasteiger partial charge in [0.15, 0.2) is 0 Å². The number of amides is 2. The van der Waals surface area contributed by atoms with Crippen LogP contribution in [0.1, 0.15) is 27.7 Å². The highest BCUT2D eigenvalue weighted by molar-refractivity contribution is 5.87. The number of nitrogens with one attached hydrogen (secondary N) is 2. The Hall–Kier alpha value is -1.10. The molecule has 5 heteroatoms. The van der Waals surface area contributed by atoms with Crippen LogP contribution in [0.3, 0.4) is 0 Å². The van der Waals surface area contributed by atoms with Crippen LogP contribution in [0.4, 0.5) is 0 Å². The van der Waals surface area contributed by atoms with E-state index in [4.69, 9.17) is 5.73 Å². The van der Waals surface area contributed by atoms with Gasteiger partial charge in [-0.15, -0.1) is 0 Å². The van der Waals surface area contributed by atoms with Gasteiger partial charge in [-0.1, -0.05) is 13.8 Å². The van der Waals surface area contributed by atoms with Crippen molar-refractivity contribution in [1.82, 2.24) is 10.6 Å². The summed E-state index contributed by atoms with van der Waals surface area (Å²) in [5.74, 6) is -0.420. The number of hydrogen-bond donors (Lipinski definition) is 3. The standard InChI is InChI=1S/C10H21N3O2/c1-6(2)9(11)10(15)12-5-8(14)13-7(3)4/h6-7,9H,5,11H2,1-4H3,(H,12,15)(H,13,14)/t9-/m1/s1. The normalized spacial score (nSPS) is 12.7. The molecule has 0 fully saturated rings. The van der Waals surface area contributed by atoms with Crippen LogP contribution in [0.5, 0.6) is 0 Å². The molecule has 2 amide bonds. The Bertz CT molecular complexity index is 227. The van der Waals surface area contributed by atoms with Gasteiger partial charge >= 0.3 is 0 Å². The van der Waals surface area contributed by atoms with Crippen LogP contribution in [-0.2, 0) is 9.59 Å². The summed E-state index contributed by atoms with van der Waals surface area (Å²) in [6, 6.07) is -0.481. The molecule has 0 rings (SSSR count). The van der Waals surface area contributed by atoms with Gasteiger partial charge in [0.25, 0.3) is 0 Å². The Balaban J connectivity index is 3.85. The molecule has 0 spiro atoms. The summed E-state index contributed by atoms with van der Waals surface area (Å²) < 4.78 is 0.